The van der Waals surface area contributed by atoms with Crippen LogP contribution in [0.2, 0.25) is 0 Å². The maximum Gasteiger partial charge on any atom is 0.417 e. The van der Waals surface area contributed by atoms with Crippen LogP contribution in [0.5, 0.6) is 0 Å². The van der Waals surface area contributed by atoms with Crippen molar-refractivity contribution in [1.29, 1.82) is 0 Å². The number of thioether (sulfide) groups is 1. The van der Waals surface area contributed by atoms with E-state index in [-0.39, 0.29) is 29.7 Å². The molecule has 0 bridgehead atoms. The topological polar surface area (TPSA) is 38.8 Å². The summed E-state index contributed by atoms with van der Waals surface area (Å²) in [6.07, 6.45) is -0.773. The highest BCUT2D eigenvalue weighted by Crippen LogP contribution is 2.38. The Morgan fingerprint density at radius 2 is 1.57 bits per heavy atom. The van der Waals surface area contributed by atoms with E-state index in [1.54, 1.807) is 12.3 Å². The zero-order valence-corrected chi connectivity index (χ0v) is 24.3. The Bertz CT molecular complexity index is 1100. The molecule has 2 aliphatic heterocycles. The largest absolute Gasteiger partial charge is 0.417 e. The smallest absolute Gasteiger partial charge is 0.382 e. The van der Waals surface area contributed by atoms with Crippen molar-refractivity contribution in [2.75, 3.05) is 62.3 Å². The van der Waals surface area contributed by atoms with Gasteiger partial charge in [0.15, 0.2) is 0 Å². The number of rotatable bonds is 7. The van der Waals surface area contributed by atoms with Gasteiger partial charge in [-0.05, 0) is 60.4 Å². The predicted octanol–water partition coefficient (Wildman–Crippen LogP) is 6.98. The molecule has 222 valence electrons. The Morgan fingerprint density at radius 1 is 0.950 bits per heavy atom. The quantitative estimate of drug-likeness (QED) is 0.359. The van der Waals surface area contributed by atoms with Crippen LogP contribution in [0.4, 0.5) is 24.5 Å². The highest BCUT2D eigenvalue weighted by Gasteiger charge is 2.34. The summed E-state index contributed by atoms with van der Waals surface area (Å²) < 4.78 is 40.2. The summed E-state index contributed by atoms with van der Waals surface area (Å²) in [6, 6.07) is 13.4. The second kappa shape index (κ2) is 13.5. The molecule has 5 nitrogen and oxygen atoms in total. The lowest BCUT2D eigenvalue weighted by Crippen LogP contribution is -2.48. The van der Waals surface area contributed by atoms with Gasteiger partial charge in [-0.25, -0.2) is 0 Å². The minimum Gasteiger partial charge on any atom is -0.382 e. The van der Waals surface area contributed by atoms with Crippen molar-refractivity contribution in [3.8, 4) is 0 Å². The fourth-order valence-corrected chi connectivity index (χ4v) is 5.94. The molecule has 2 aromatic rings. The summed E-state index contributed by atoms with van der Waals surface area (Å²) in [6.45, 7) is 12.5. The van der Waals surface area contributed by atoms with E-state index in [9.17, 15) is 18.0 Å². The second-order valence-electron chi connectivity index (χ2n) is 11.6. The highest BCUT2D eigenvalue weighted by molar-refractivity contribution is 7.98. The van der Waals surface area contributed by atoms with Gasteiger partial charge in [-0.1, -0.05) is 40.3 Å². The molecule has 0 aromatic heterocycles. The molecule has 1 N–H and O–H groups in total. The van der Waals surface area contributed by atoms with E-state index in [1.807, 2.05) is 4.90 Å². The molecule has 2 fully saturated rings. The first-order chi connectivity index (χ1) is 18.4. The number of hydrogen-bond acceptors (Lipinski definition) is 5. The van der Waals surface area contributed by atoms with Gasteiger partial charge in [0.05, 0.1) is 5.56 Å². The predicted molar refractivity (Wildman–Crippen MR) is 162 cm³/mol. The van der Waals surface area contributed by atoms with E-state index in [0.717, 1.165) is 57.3 Å². The maximum atomic E-state index is 13.4. The number of amides is 1. The minimum atomic E-state index is -4.38. The van der Waals surface area contributed by atoms with Crippen LogP contribution in [0.25, 0.3) is 0 Å². The van der Waals surface area contributed by atoms with Gasteiger partial charge in [0.25, 0.3) is 0 Å². The lowest BCUT2D eigenvalue weighted by molar-refractivity contribution is -0.139. The summed E-state index contributed by atoms with van der Waals surface area (Å²) in [5, 5.41) is 3.26. The Kier molecular flexibility index (Phi) is 10.9. The molecule has 0 atom stereocenters. The van der Waals surface area contributed by atoms with Crippen LogP contribution in [0.3, 0.4) is 0 Å². The number of benzene rings is 2. The van der Waals surface area contributed by atoms with Crippen LogP contribution in [0.15, 0.2) is 47.4 Å². The van der Waals surface area contributed by atoms with Crippen molar-refractivity contribution < 1.29 is 18.0 Å². The lowest BCUT2D eigenvalue weighted by Gasteiger charge is -2.37. The minimum absolute atomic E-state index is 0. The molecule has 0 spiro atoms. The number of carbonyl (C=O) groups excluding carboxylic acids is 1. The highest BCUT2D eigenvalue weighted by atomic mass is 32.2. The summed E-state index contributed by atoms with van der Waals surface area (Å²) in [5.41, 5.74) is 2.62. The van der Waals surface area contributed by atoms with Crippen LogP contribution in [-0.2, 0) is 16.4 Å². The molecule has 2 saturated heterocycles. The SMILES string of the molecule is C.CSc1ccc(NC2CCN(C(=O)CCN3CCN(c4ccc(C(C)(C)C)cc4)CC3)CC2)cc1C(F)(F)F. The number of carbonyl (C=O) groups is 1. The van der Waals surface area contributed by atoms with Gasteiger partial charge in [-0.2, -0.15) is 13.2 Å². The van der Waals surface area contributed by atoms with E-state index in [2.05, 4.69) is 60.2 Å². The first kappa shape index (κ1) is 32.1. The van der Waals surface area contributed by atoms with Crippen LogP contribution in [0.1, 0.15) is 58.6 Å². The van der Waals surface area contributed by atoms with Crippen molar-refractivity contribution in [2.45, 2.75) is 70.0 Å². The second-order valence-corrected chi connectivity index (χ2v) is 12.4. The number of piperidine rings is 1. The first-order valence-corrected chi connectivity index (χ1v) is 15.0. The molecule has 4 rings (SSSR count). The Morgan fingerprint density at radius 3 is 2.12 bits per heavy atom. The van der Waals surface area contributed by atoms with Gasteiger partial charge in [-0.3, -0.25) is 9.69 Å². The molecular formula is C31H45F3N4OS. The molecule has 2 heterocycles. The monoisotopic (exact) mass is 578 g/mol. The normalized spacial score (nSPS) is 17.5. The van der Waals surface area contributed by atoms with Crippen molar-refractivity contribution in [3.63, 3.8) is 0 Å². The Hall–Kier alpha value is -2.39. The van der Waals surface area contributed by atoms with Crippen molar-refractivity contribution in [3.05, 3.63) is 53.6 Å². The number of likely N-dealkylation sites (tertiary alicyclic amines) is 1. The third kappa shape index (κ3) is 8.32. The third-order valence-electron chi connectivity index (χ3n) is 7.84. The van der Waals surface area contributed by atoms with Gasteiger partial charge in [0, 0.05) is 74.5 Å². The fraction of sp³-hybridized carbons (Fsp3) is 0.581. The molecule has 2 aromatic carbocycles. The number of nitrogens with one attached hydrogen (secondary N) is 1. The van der Waals surface area contributed by atoms with Crippen LogP contribution < -0.4 is 10.2 Å². The van der Waals surface area contributed by atoms with Crippen LogP contribution in [0, 0.1) is 0 Å². The van der Waals surface area contributed by atoms with Crippen molar-refractivity contribution >= 4 is 29.0 Å². The summed E-state index contributed by atoms with van der Waals surface area (Å²) in [5.74, 6) is 0.164. The van der Waals surface area contributed by atoms with E-state index in [0.29, 0.717) is 25.2 Å². The van der Waals surface area contributed by atoms with E-state index >= 15 is 0 Å². The molecule has 0 unspecified atom stereocenters. The number of nitrogens with zero attached hydrogens (tertiary/aromatic N) is 3. The van der Waals surface area contributed by atoms with Gasteiger partial charge in [0.2, 0.25) is 5.91 Å². The average molecular weight is 579 g/mol. The molecule has 0 aliphatic carbocycles. The molecule has 2 aliphatic rings. The van der Waals surface area contributed by atoms with Gasteiger partial charge in [0.1, 0.15) is 0 Å². The maximum absolute atomic E-state index is 13.4. The molecule has 9 heteroatoms. The standard InChI is InChI=1S/C30H41F3N4OS.CH4/c1-29(2,3)22-5-8-25(9-6-22)36-19-17-35(18-20-36)14-13-28(38)37-15-11-23(12-16-37)34-24-7-10-27(39-4)26(21-24)30(31,32)33;/h5-10,21,23,34H,11-20H2,1-4H3;1H4. The number of piperazine rings is 1. The van der Waals surface area contributed by atoms with Crippen LogP contribution >= 0.6 is 11.8 Å². The first-order valence-electron chi connectivity index (χ1n) is 13.8. The lowest BCUT2D eigenvalue weighted by atomic mass is 9.87. The molecule has 1 amide bonds. The van der Waals surface area contributed by atoms with E-state index < -0.39 is 11.7 Å². The molecule has 40 heavy (non-hydrogen) atoms. The zero-order valence-electron chi connectivity index (χ0n) is 23.5. The number of halogens is 3. The van der Waals surface area contributed by atoms with Gasteiger partial charge in [-0.15, -0.1) is 11.8 Å². The summed E-state index contributed by atoms with van der Waals surface area (Å²) in [4.78, 5) is 19.8. The third-order valence-corrected chi connectivity index (χ3v) is 8.63. The fourth-order valence-electron chi connectivity index (χ4n) is 5.34. The van der Waals surface area contributed by atoms with Gasteiger partial charge >= 0.3 is 6.18 Å². The Balaban J connectivity index is 0.00000441. The number of anilines is 2. The molecule has 0 saturated carbocycles. The molecular weight excluding hydrogens is 533 g/mol. The van der Waals surface area contributed by atoms with Crippen molar-refractivity contribution in [1.82, 2.24) is 9.80 Å². The van der Waals surface area contributed by atoms with E-state index in [1.165, 1.54) is 23.4 Å². The summed E-state index contributed by atoms with van der Waals surface area (Å²) >= 11 is 1.10. The van der Waals surface area contributed by atoms with E-state index in [4.69, 9.17) is 0 Å². The number of alkyl halides is 3. The van der Waals surface area contributed by atoms with Gasteiger partial charge < -0.3 is 15.1 Å². The van der Waals surface area contributed by atoms with Crippen LogP contribution in [-0.4, -0.2) is 73.8 Å². The average Bonchev–Trinajstić information content (AvgIpc) is 2.91. The Labute approximate surface area is 242 Å². The number of hydrogen-bond donors (Lipinski definition) is 1. The molecule has 0 radical (unpaired) electrons. The van der Waals surface area contributed by atoms with Crippen molar-refractivity contribution in [2.24, 2.45) is 0 Å². The zero-order chi connectivity index (χ0) is 28.2. The summed E-state index contributed by atoms with van der Waals surface area (Å²) in [7, 11) is 0.